The lowest BCUT2D eigenvalue weighted by molar-refractivity contribution is -0.166. The molecular formula is C32H42N4O11. The zero-order valence-electron chi connectivity index (χ0n) is 26.5. The van der Waals surface area contributed by atoms with Crippen molar-refractivity contribution >= 4 is 47.2 Å². The van der Waals surface area contributed by atoms with Crippen molar-refractivity contribution in [1.29, 1.82) is 0 Å². The van der Waals surface area contributed by atoms with Gasteiger partial charge in [0, 0.05) is 44.1 Å². The van der Waals surface area contributed by atoms with Crippen LogP contribution in [0.25, 0.3) is 0 Å². The summed E-state index contributed by atoms with van der Waals surface area (Å²) in [5.74, 6) is -3.73. The summed E-state index contributed by atoms with van der Waals surface area (Å²) < 4.78 is 10.8. The van der Waals surface area contributed by atoms with Crippen molar-refractivity contribution in [1.82, 2.24) is 15.5 Å². The number of carboxylic acid groups (broad SMARTS) is 1. The number of imide groups is 1. The molecular weight excluding hydrogens is 616 g/mol. The molecule has 0 aromatic heterocycles. The molecule has 3 rings (SSSR count). The van der Waals surface area contributed by atoms with Gasteiger partial charge in [0.2, 0.25) is 17.7 Å². The second-order valence-electron chi connectivity index (χ2n) is 11.5. The summed E-state index contributed by atoms with van der Waals surface area (Å²) in [5.41, 5.74) is 1.80. The van der Waals surface area contributed by atoms with Gasteiger partial charge in [-0.15, -0.1) is 0 Å². The number of carboxylic acids is 1. The van der Waals surface area contributed by atoms with E-state index < -0.39 is 48.1 Å². The Hall–Kier alpha value is -4.63. The van der Waals surface area contributed by atoms with Gasteiger partial charge in [-0.2, -0.15) is 0 Å². The SMILES string of the molecule is CC(=O)OCc1ccc(NC(=O)C(C)NC(=O)CNC(=O)CCCCCN2C(=O)C=CC2=O)cc1CCC1CC(O)CC(C(=O)O)O1. The summed E-state index contributed by atoms with van der Waals surface area (Å²) in [6.45, 7) is 2.71. The lowest BCUT2D eigenvalue weighted by Crippen LogP contribution is -2.45. The molecule has 1 aromatic rings. The molecule has 0 aliphatic carbocycles. The number of nitrogens with zero attached hydrogens (tertiary/aromatic N) is 1. The van der Waals surface area contributed by atoms with Gasteiger partial charge < -0.3 is 35.6 Å². The molecule has 5 N–H and O–H groups in total. The number of benzene rings is 1. The molecule has 4 unspecified atom stereocenters. The van der Waals surface area contributed by atoms with Crippen LogP contribution in [-0.4, -0.2) is 94.0 Å². The van der Waals surface area contributed by atoms with E-state index in [1.807, 2.05) is 0 Å². The zero-order valence-corrected chi connectivity index (χ0v) is 26.5. The Bertz CT molecular complexity index is 1360. The van der Waals surface area contributed by atoms with E-state index in [-0.39, 0.29) is 56.7 Å². The Labute approximate surface area is 272 Å². The normalized spacial score (nSPS) is 19.6. The largest absolute Gasteiger partial charge is 0.479 e. The number of hydrogen-bond acceptors (Lipinski definition) is 10. The highest BCUT2D eigenvalue weighted by molar-refractivity contribution is 6.12. The number of rotatable bonds is 17. The first-order chi connectivity index (χ1) is 22.3. The van der Waals surface area contributed by atoms with Gasteiger partial charge >= 0.3 is 11.9 Å². The second kappa shape index (κ2) is 17.9. The van der Waals surface area contributed by atoms with Gasteiger partial charge in [-0.25, -0.2) is 4.79 Å². The fraction of sp³-hybridized carbons (Fsp3) is 0.531. The summed E-state index contributed by atoms with van der Waals surface area (Å²) in [5, 5.41) is 27.2. The monoisotopic (exact) mass is 658 g/mol. The standard InChI is InChI=1S/C32H42N4O11/c1-19(34-28(40)17-33-27(39)6-4-3-5-13-36-29(41)11-12-30(36)42)31(43)35-23-9-7-22(18-46-20(2)37)21(14-23)8-10-25-15-24(38)16-26(47-25)32(44)45/h7,9,11-12,14,19,24-26,38H,3-6,8,10,13,15-18H2,1-2H3,(H,33,39)(H,34,40)(H,35,43)(H,44,45). The number of unbranched alkanes of at least 4 members (excludes halogenated alkanes) is 2. The van der Waals surface area contributed by atoms with Crippen LogP contribution < -0.4 is 16.0 Å². The number of aliphatic hydroxyl groups is 1. The number of aryl methyl sites for hydroxylation is 1. The highest BCUT2D eigenvalue weighted by atomic mass is 16.5. The van der Waals surface area contributed by atoms with E-state index in [9.17, 15) is 43.8 Å². The molecule has 256 valence electrons. The fourth-order valence-corrected chi connectivity index (χ4v) is 5.17. The minimum Gasteiger partial charge on any atom is -0.479 e. The van der Waals surface area contributed by atoms with Crippen molar-refractivity contribution in [2.24, 2.45) is 0 Å². The molecule has 5 amide bonds. The van der Waals surface area contributed by atoms with Crippen LogP contribution in [0.5, 0.6) is 0 Å². The maximum absolute atomic E-state index is 12.8. The van der Waals surface area contributed by atoms with Crippen molar-refractivity contribution in [2.75, 3.05) is 18.4 Å². The van der Waals surface area contributed by atoms with E-state index in [1.165, 1.54) is 26.0 Å². The Balaban J connectivity index is 1.44. The van der Waals surface area contributed by atoms with Crippen molar-refractivity contribution in [3.05, 3.63) is 41.5 Å². The number of anilines is 1. The van der Waals surface area contributed by atoms with E-state index in [0.717, 1.165) is 4.90 Å². The predicted molar refractivity (Wildman–Crippen MR) is 165 cm³/mol. The van der Waals surface area contributed by atoms with Gasteiger partial charge in [0.15, 0.2) is 6.10 Å². The van der Waals surface area contributed by atoms with E-state index in [1.54, 1.807) is 18.2 Å². The maximum atomic E-state index is 12.8. The van der Waals surface area contributed by atoms with Crippen molar-refractivity contribution in [3.63, 3.8) is 0 Å². The number of ether oxygens (including phenoxy) is 2. The third kappa shape index (κ3) is 12.2. The Morgan fingerprint density at radius 1 is 1.02 bits per heavy atom. The smallest absolute Gasteiger partial charge is 0.332 e. The number of esters is 1. The van der Waals surface area contributed by atoms with Crippen molar-refractivity contribution < 1.29 is 53.2 Å². The fourth-order valence-electron chi connectivity index (χ4n) is 5.17. The quantitative estimate of drug-likeness (QED) is 0.0892. The van der Waals surface area contributed by atoms with Crippen LogP contribution in [-0.2, 0) is 56.1 Å². The van der Waals surface area contributed by atoms with Crippen LogP contribution in [0.4, 0.5) is 5.69 Å². The molecule has 1 saturated heterocycles. The van der Waals surface area contributed by atoms with Gasteiger partial charge in [0.05, 0.1) is 18.8 Å². The van der Waals surface area contributed by atoms with Gasteiger partial charge in [-0.05, 0) is 62.3 Å². The topological polar surface area (TPSA) is 218 Å². The van der Waals surface area contributed by atoms with Crippen molar-refractivity contribution in [3.8, 4) is 0 Å². The molecule has 0 bridgehead atoms. The van der Waals surface area contributed by atoms with Gasteiger partial charge in [0.25, 0.3) is 11.8 Å². The Kier molecular flexibility index (Phi) is 14.0. The van der Waals surface area contributed by atoms with E-state index in [4.69, 9.17) is 9.47 Å². The molecule has 1 fully saturated rings. The van der Waals surface area contributed by atoms with Crippen LogP contribution >= 0.6 is 0 Å². The Morgan fingerprint density at radius 2 is 1.74 bits per heavy atom. The first-order valence-electron chi connectivity index (χ1n) is 15.5. The molecule has 0 saturated carbocycles. The first-order valence-corrected chi connectivity index (χ1v) is 15.5. The summed E-state index contributed by atoms with van der Waals surface area (Å²) in [4.78, 5) is 84.3. The average Bonchev–Trinajstić information content (AvgIpc) is 3.34. The summed E-state index contributed by atoms with van der Waals surface area (Å²) >= 11 is 0. The van der Waals surface area contributed by atoms with Crippen LogP contribution in [0.1, 0.15) is 69.9 Å². The number of hydrogen-bond donors (Lipinski definition) is 5. The number of aliphatic carboxylic acids is 1. The second-order valence-corrected chi connectivity index (χ2v) is 11.5. The van der Waals surface area contributed by atoms with E-state index in [2.05, 4.69) is 16.0 Å². The molecule has 0 radical (unpaired) electrons. The molecule has 2 aliphatic rings. The van der Waals surface area contributed by atoms with Crippen LogP contribution in [0, 0.1) is 0 Å². The van der Waals surface area contributed by atoms with E-state index >= 15 is 0 Å². The molecule has 1 aromatic carbocycles. The van der Waals surface area contributed by atoms with E-state index in [0.29, 0.717) is 48.9 Å². The van der Waals surface area contributed by atoms with Gasteiger partial charge in [-0.1, -0.05) is 12.5 Å². The molecule has 2 aliphatic heterocycles. The number of amides is 5. The third-order valence-electron chi connectivity index (χ3n) is 7.70. The molecule has 2 heterocycles. The summed E-state index contributed by atoms with van der Waals surface area (Å²) in [7, 11) is 0. The predicted octanol–water partition coefficient (Wildman–Crippen LogP) is 0.720. The highest BCUT2D eigenvalue weighted by Gasteiger charge is 2.32. The van der Waals surface area contributed by atoms with Crippen molar-refractivity contribution in [2.45, 2.75) is 96.2 Å². The van der Waals surface area contributed by atoms with Gasteiger partial charge in [-0.3, -0.25) is 33.7 Å². The van der Waals surface area contributed by atoms with Crippen LogP contribution in [0.15, 0.2) is 30.4 Å². The summed E-state index contributed by atoms with van der Waals surface area (Å²) in [6.07, 6.45) is 2.92. The molecule has 15 nitrogen and oxygen atoms in total. The number of aliphatic hydroxyl groups excluding tert-OH is 1. The highest BCUT2D eigenvalue weighted by Crippen LogP contribution is 2.26. The van der Waals surface area contributed by atoms with Crippen LogP contribution in [0.2, 0.25) is 0 Å². The average molecular weight is 659 g/mol. The zero-order chi connectivity index (χ0) is 34.5. The molecule has 47 heavy (non-hydrogen) atoms. The summed E-state index contributed by atoms with van der Waals surface area (Å²) in [6, 6.07) is 4.05. The first kappa shape index (κ1) is 36.8. The van der Waals surface area contributed by atoms with Gasteiger partial charge in [0.1, 0.15) is 12.6 Å². The molecule has 0 spiro atoms. The molecule has 4 atom stereocenters. The maximum Gasteiger partial charge on any atom is 0.332 e. The molecule has 15 heteroatoms. The number of carbonyl (C=O) groups excluding carboxylic acids is 6. The minimum atomic E-state index is -1.14. The lowest BCUT2D eigenvalue weighted by Gasteiger charge is -2.31. The van der Waals surface area contributed by atoms with Crippen LogP contribution in [0.3, 0.4) is 0 Å². The Morgan fingerprint density at radius 3 is 2.43 bits per heavy atom. The number of carbonyl (C=O) groups is 7. The lowest BCUT2D eigenvalue weighted by atomic mass is 9.94. The number of nitrogens with one attached hydrogen (secondary N) is 3. The minimum absolute atomic E-state index is 0.0126. The third-order valence-corrected chi connectivity index (χ3v) is 7.70.